The predicted molar refractivity (Wildman–Crippen MR) is 78.1 cm³/mol. The molecular formula is C15H19BF3NO3. The maximum absolute atomic E-state index is 12.1. The van der Waals surface area contributed by atoms with Crippen molar-refractivity contribution in [3.63, 3.8) is 0 Å². The summed E-state index contributed by atoms with van der Waals surface area (Å²) < 4.78 is 52.3. The van der Waals surface area contributed by atoms with E-state index in [0.717, 1.165) is 18.3 Å². The summed E-state index contributed by atoms with van der Waals surface area (Å²) in [6.45, 7) is 7.97. The molecular weight excluding hydrogens is 310 g/mol. The van der Waals surface area contributed by atoms with E-state index in [1.807, 2.05) is 27.7 Å². The monoisotopic (exact) mass is 329 g/mol. The Morgan fingerprint density at radius 3 is 2.26 bits per heavy atom. The number of nitrogens with zero attached hydrogens (tertiary/aromatic N) is 1. The Morgan fingerprint density at radius 1 is 1.17 bits per heavy atom. The van der Waals surface area contributed by atoms with Crippen LogP contribution in [0.4, 0.5) is 13.2 Å². The summed E-state index contributed by atoms with van der Waals surface area (Å²) in [6.07, 6.45) is -2.75. The number of halogens is 3. The summed E-state index contributed by atoms with van der Waals surface area (Å²) >= 11 is 0. The molecule has 3 rings (SSSR count). The van der Waals surface area contributed by atoms with Gasteiger partial charge in [-0.2, -0.15) is 0 Å². The van der Waals surface area contributed by atoms with Gasteiger partial charge in [0.1, 0.15) is 5.75 Å². The van der Waals surface area contributed by atoms with Gasteiger partial charge in [0.25, 0.3) is 0 Å². The van der Waals surface area contributed by atoms with Crippen LogP contribution in [0.2, 0.25) is 5.82 Å². The topological polar surface area (TPSA) is 40.6 Å². The minimum Gasteiger partial charge on any atom is -0.404 e. The van der Waals surface area contributed by atoms with E-state index in [-0.39, 0.29) is 35.8 Å². The molecule has 2 atom stereocenters. The third kappa shape index (κ3) is 3.33. The summed E-state index contributed by atoms with van der Waals surface area (Å²) in [5.74, 6) is 0.0108. The number of aromatic nitrogens is 1. The summed E-state index contributed by atoms with van der Waals surface area (Å²) in [5.41, 5.74) is -0.0371. The lowest BCUT2D eigenvalue weighted by Crippen LogP contribution is -2.41. The number of hydrogen-bond donors (Lipinski definition) is 0. The van der Waals surface area contributed by atoms with Crippen LogP contribution < -0.4 is 4.74 Å². The van der Waals surface area contributed by atoms with E-state index >= 15 is 0 Å². The second-order valence-corrected chi connectivity index (χ2v) is 7.10. The minimum absolute atomic E-state index is 0.143. The van der Waals surface area contributed by atoms with E-state index < -0.39 is 6.36 Å². The van der Waals surface area contributed by atoms with Gasteiger partial charge in [0.05, 0.1) is 17.4 Å². The average Bonchev–Trinajstić information content (AvgIpc) is 3.12. The van der Waals surface area contributed by atoms with Gasteiger partial charge < -0.3 is 14.0 Å². The summed E-state index contributed by atoms with van der Waals surface area (Å²) in [6, 6.07) is 2.85. The lowest BCUT2D eigenvalue weighted by Gasteiger charge is -2.32. The molecule has 0 spiro atoms. The highest BCUT2D eigenvalue weighted by Crippen LogP contribution is 2.58. The Labute approximate surface area is 133 Å². The van der Waals surface area contributed by atoms with Crippen molar-refractivity contribution in [3.05, 3.63) is 24.0 Å². The second-order valence-electron chi connectivity index (χ2n) is 7.10. The Balaban J connectivity index is 1.63. The molecule has 0 unspecified atom stereocenters. The van der Waals surface area contributed by atoms with Crippen LogP contribution in [0.25, 0.3) is 0 Å². The number of pyridine rings is 1. The highest BCUT2D eigenvalue weighted by molar-refractivity contribution is 6.49. The zero-order valence-corrected chi connectivity index (χ0v) is 13.5. The van der Waals surface area contributed by atoms with Crippen molar-refractivity contribution >= 4 is 7.12 Å². The number of rotatable bonds is 3. The lowest BCUT2D eigenvalue weighted by atomic mass is 9.80. The van der Waals surface area contributed by atoms with E-state index in [0.29, 0.717) is 0 Å². The molecule has 8 heteroatoms. The first kappa shape index (κ1) is 16.6. The third-order valence-electron chi connectivity index (χ3n) is 4.83. The summed E-state index contributed by atoms with van der Waals surface area (Å²) in [4.78, 5) is 4.08. The van der Waals surface area contributed by atoms with Crippen molar-refractivity contribution < 1.29 is 27.2 Å². The molecule has 0 amide bonds. The van der Waals surface area contributed by atoms with Crippen LogP contribution in [-0.4, -0.2) is 29.7 Å². The molecule has 0 aromatic carbocycles. The molecule has 0 bridgehead atoms. The van der Waals surface area contributed by atoms with Gasteiger partial charge in [-0.25, -0.2) is 0 Å². The first-order valence-corrected chi connectivity index (χ1v) is 7.56. The van der Waals surface area contributed by atoms with Crippen LogP contribution in [0.5, 0.6) is 5.75 Å². The normalized spacial score (nSPS) is 28.7. The fraction of sp³-hybridized carbons (Fsp3) is 0.667. The second kappa shape index (κ2) is 5.11. The highest BCUT2D eigenvalue weighted by Gasteiger charge is 2.60. The minimum atomic E-state index is -4.70. The Bertz CT molecular complexity index is 573. The molecule has 1 saturated heterocycles. The third-order valence-corrected chi connectivity index (χ3v) is 4.83. The zero-order chi connectivity index (χ0) is 17.0. The molecule has 1 aromatic heterocycles. The van der Waals surface area contributed by atoms with E-state index in [1.54, 1.807) is 6.07 Å². The van der Waals surface area contributed by atoms with E-state index in [1.165, 1.54) is 6.07 Å². The van der Waals surface area contributed by atoms with Gasteiger partial charge in [0.15, 0.2) is 0 Å². The molecule has 4 nitrogen and oxygen atoms in total. The van der Waals surface area contributed by atoms with Crippen LogP contribution >= 0.6 is 0 Å². The van der Waals surface area contributed by atoms with Crippen LogP contribution in [0.15, 0.2) is 18.3 Å². The smallest absolute Gasteiger partial charge is 0.404 e. The fourth-order valence-corrected chi connectivity index (χ4v) is 2.72. The van der Waals surface area contributed by atoms with Gasteiger partial charge in [0.2, 0.25) is 0 Å². The summed E-state index contributed by atoms with van der Waals surface area (Å²) in [5, 5.41) is 0. The Morgan fingerprint density at radius 2 is 1.78 bits per heavy atom. The van der Waals surface area contributed by atoms with Crippen LogP contribution in [0.1, 0.15) is 45.7 Å². The molecule has 1 aliphatic carbocycles. The van der Waals surface area contributed by atoms with Crippen LogP contribution in [0.3, 0.4) is 0 Å². The Hall–Kier alpha value is -1.28. The number of hydrogen-bond acceptors (Lipinski definition) is 4. The molecule has 1 aromatic rings. The predicted octanol–water partition coefficient (Wildman–Crippen LogP) is 3.93. The quantitative estimate of drug-likeness (QED) is 0.788. The molecule has 1 saturated carbocycles. The highest BCUT2D eigenvalue weighted by atomic mass is 19.4. The van der Waals surface area contributed by atoms with Crippen molar-refractivity contribution in [1.82, 2.24) is 4.98 Å². The van der Waals surface area contributed by atoms with E-state index in [9.17, 15) is 13.2 Å². The van der Waals surface area contributed by atoms with Gasteiger partial charge in [-0.15, -0.1) is 13.2 Å². The van der Waals surface area contributed by atoms with Crippen molar-refractivity contribution in [2.24, 2.45) is 0 Å². The number of ether oxygens (including phenoxy) is 1. The zero-order valence-electron chi connectivity index (χ0n) is 13.5. The maximum Gasteiger partial charge on any atom is 0.573 e. The molecule has 1 aliphatic heterocycles. The molecule has 0 radical (unpaired) electrons. The fourth-order valence-electron chi connectivity index (χ4n) is 2.72. The van der Waals surface area contributed by atoms with Gasteiger partial charge in [-0.3, -0.25) is 4.98 Å². The SMILES string of the molecule is CC1(C)OB([C@H]2C[C@@H]2c2ccc(OC(F)(F)F)cn2)OC1(C)C. The van der Waals surface area contributed by atoms with Gasteiger partial charge in [-0.05, 0) is 46.2 Å². The average molecular weight is 329 g/mol. The molecule has 23 heavy (non-hydrogen) atoms. The molecule has 2 aliphatic rings. The lowest BCUT2D eigenvalue weighted by molar-refractivity contribution is -0.274. The summed E-state index contributed by atoms with van der Waals surface area (Å²) in [7, 11) is -0.307. The Kier molecular flexibility index (Phi) is 3.68. The molecule has 126 valence electrons. The van der Waals surface area contributed by atoms with Crippen molar-refractivity contribution in [1.29, 1.82) is 0 Å². The number of alkyl halides is 3. The van der Waals surface area contributed by atoms with Gasteiger partial charge in [0, 0.05) is 17.4 Å². The first-order valence-electron chi connectivity index (χ1n) is 7.56. The van der Waals surface area contributed by atoms with E-state index in [4.69, 9.17) is 9.31 Å². The van der Waals surface area contributed by atoms with Crippen molar-refractivity contribution in [2.45, 2.75) is 63.4 Å². The largest absolute Gasteiger partial charge is 0.573 e. The standard InChI is InChI=1S/C15H19BF3NO3/c1-13(2)14(3,4)23-16(22-13)11-7-10(11)12-6-5-9(8-20-12)21-15(17,18)19/h5-6,8,10-11H,7H2,1-4H3/t10-,11-/m0/s1. The van der Waals surface area contributed by atoms with Gasteiger partial charge >= 0.3 is 13.5 Å². The maximum atomic E-state index is 12.1. The molecule has 2 fully saturated rings. The van der Waals surface area contributed by atoms with Crippen LogP contribution in [-0.2, 0) is 9.31 Å². The van der Waals surface area contributed by atoms with Crippen molar-refractivity contribution in [3.8, 4) is 5.75 Å². The molecule has 0 N–H and O–H groups in total. The molecule has 2 heterocycles. The van der Waals surface area contributed by atoms with Crippen LogP contribution in [0, 0.1) is 0 Å². The van der Waals surface area contributed by atoms with Crippen molar-refractivity contribution in [2.75, 3.05) is 0 Å². The van der Waals surface area contributed by atoms with Gasteiger partial charge in [-0.1, -0.05) is 0 Å². The van der Waals surface area contributed by atoms with E-state index in [2.05, 4.69) is 9.72 Å². The first-order chi connectivity index (χ1) is 10.5.